The average Bonchev–Trinajstić information content (AvgIpc) is 2.84. The molecule has 0 heterocycles. The predicted octanol–water partition coefficient (Wildman–Crippen LogP) is 5.56. The fourth-order valence-corrected chi connectivity index (χ4v) is 4.44. The quantitative estimate of drug-likeness (QED) is 0.343. The minimum atomic E-state index is -3.95. The van der Waals surface area contributed by atoms with Crippen molar-refractivity contribution < 1.29 is 26.7 Å². The highest BCUT2D eigenvalue weighted by Crippen LogP contribution is 2.38. The van der Waals surface area contributed by atoms with Crippen molar-refractivity contribution in [2.45, 2.75) is 23.0 Å². The minimum Gasteiger partial charge on any atom is -0.484 e. The maximum atomic E-state index is 13.3. The molecule has 4 aromatic carbocycles. The highest BCUT2D eigenvalue weighted by molar-refractivity contribution is 7.91. The van der Waals surface area contributed by atoms with Gasteiger partial charge < -0.3 is 9.47 Å². The lowest BCUT2D eigenvalue weighted by molar-refractivity contribution is 0.249. The standard InChI is InChI=1S/C26H18F2O4S/c27-21-13-9-19(10-14-21)17-31-24-7-4-8-25(33(29,30)23-5-2-1-3-6-23)26(24)32-18-20-11-15-22(28)16-12-20/h2-6,8-16H,17-18H2. The van der Waals surface area contributed by atoms with Gasteiger partial charge in [0, 0.05) is 6.07 Å². The highest BCUT2D eigenvalue weighted by Gasteiger charge is 2.25. The summed E-state index contributed by atoms with van der Waals surface area (Å²) in [7, 11) is -3.95. The van der Waals surface area contributed by atoms with Gasteiger partial charge in [-0.1, -0.05) is 36.4 Å². The van der Waals surface area contributed by atoms with Gasteiger partial charge in [-0.3, -0.25) is 0 Å². The van der Waals surface area contributed by atoms with Crippen molar-refractivity contribution in [3.63, 3.8) is 0 Å². The van der Waals surface area contributed by atoms with Gasteiger partial charge in [0.25, 0.3) is 0 Å². The molecular weight excluding hydrogens is 446 g/mol. The number of rotatable bonds is 8. The van der Waals surface area contributed by atoms with Crippen molar-refractivity contribution in [3.8, 4) is 11.5 Å². The van der Waals surface area contributed by atoms with Gasteiger partial charge in [-0.2, -0.15) is 0 Å². The summed E-state index contributed by atoms with van der Waals surface area (Å²) in [5.41, 5.74) is 1.32. The monoisotopic (exact) mass is 464 g/mol. The Morgan fingerprint density at radius 1 is 0.697 bits per heavy atom. The predicted molar refractivity (Wildman–Crippen MR) is 117 cm³/mol. The summed E-state index contributed by atoms with van der Waals surface area (Å²) in [6.07, 6.45) is 0. The van der Waals surface area contributed by atoms with Crippen molar-refractivity contribution >= 4 is 9.84 Å². The van der Waals surface area contributed by atoms with Gasteiger partial charge in [-0.15, -0.1) is 0 Å². The van der Waals surface area contributed by atoms with Gasteiger partial charge in [0.1, 0.15) is 29.7 Å². The molecular formula is C26H18F2O4S. The normalized spacial score (nSPS) is 11.2. The Morgan fingerprint density at radius 2 is 1.24 bits per heavy atom. The summed E-state index contributed by atoms with van der Waals surface area (Å²) in [6.45, 7) is 0.0314. The third-order valence-electron chi connectivity index (χ3n) is 4.76. The second kappa shape index (κ2) is 9.83. The molecule has 0 aliphatic heterocycles. The lowest BCUT2D eigenvalue weighted by Crippen LogP contribution is -2.08. The zero-order valence-electron chi connectivity index (χ0n) is 17.3. The van der Waals surface area contributed by atoms with Crippen LogP contribution in [0.2, 0.25) is 0 Å². The molecule has 0 N–H and O–H groups in total. The molecule has 0 aromatic heterocycles. The van der Waals surface area contributed by atoms with Crippen molar-refractivity contribution in [2.75, 3.05) is 0 Å². The van der Waals surface area contributed by atoms with E-state index < -0.39 is 9.84 Å². The van der Waals surface area contributed by atoms with Gasteiger partial charge >= 0.3 is 0 Å². The highest BCUT2D eigenvalue weighted by atomic mass is 32.2. The Kier molecular flexibility index (Phi) is 6.70. The third-order valence-corrected chi connectivity index (χ3v) is 6.55. The first-order chi connectivity index (χ1) is 15.9. The van der Waals surface area contributed by atoms with Crippen LogP contribution in [-0.2, 0) is 23.1 Å². The van der Waals surface area contributed by atoms with Gasteiger partial charge in [0.2, 0.25) is 9.84 Å². The Morgan fingerprint density at radius 3 is 1.82 bits per heavy atom. The summed E-state index contributed by atoms with van der Waals surface area (Å²) in [6, 6.07) is 25.8. The van der Waals surface area contributed by atoms with Crippen LogP contribution in [0.1, 0.15) is 11.1 Å². The topological polar surface area (TPSA) is 52.6 Å². The fourth-order valence-electron chi connectivity index (χ4n) is 3.05. The molecule has 4 aromatic rings. The SMILES string of the molecule is O=S(=O)(c1cc[c]cc1)c1cc[c]c(OCc2ccc(F)cc2)c1OCc1ccc(F)cc1. The van der Waals surface area contributed by atoms with Gasteiger partial charge in [-0.25, -0.2) is 17.2 Å². The molecule has 4 rings (SSSR count). The number of benzene rings is 4. The van der Waals surface area contributed by atoms with Crippen LogP contribution in [0.4, 0.5) is 8.78 Å². The zero-order chi connectivity index (χ0) is 23.3. The Hall–Kier alpha value is -3.71. The maximum absolute atomic E-state index is 13.3. The van der Waals surface area contributed by atoms with E-state index in [4.69, 9.17) is 9.47 Å². The number of sulfone groups is 1. The second-order valence-corrected chi connectivity index (χ2v) is 8.99. The number of halogens is 2. The van der Waals surface area contributed by atoms with Gasteiger partial charge in [-0.05, 0) is 65.7 Å². The van der Waals surface area contributed by atoms with Crippen molar-refractivity contribution in [1.29, 1.82) is 0 Å². The number of ether oxygens (including phenoxy) is 2. The van der Waals surface area contributed by atoms with Crippen LogP contribution in [0, 0.1) is 23.8 Å². The smallest absolute Gasteiger partial charge is 0.210 e. The molecule has 0 aliphatic carbocycles. The van der Waals surface area contributed by atoms with Crippen molar-refractivity contribution in [1.82, 2.24) is 0 Å². The van der Waals surface area contributed by atoms with Crippen LogP contribution >= 0.6 is 0 Å². The molecule has 0 spiro atoms. The molecule has 0 atom stereocenters. The number of hydrogen-bond donors (Lipinski definition) is 0. The summed E-state index contributed by atoms with van der Waals surface area (Å²) in [5.74, 6) is -0.692. The second-order valence-electron chi connectivity index (χ2n) is 7.07. The van der Waals surface area contributed by atoms with Gasteiger partial charge in [0.05, 0.1) is 4.90 Å². The third kappa shape index (κ3) is 5.38. The largest absolute Gasteiger partial charge is 0.484 e. The van der Waals surface area contributed by atoms with E-state index in [1.54, 1.807) is 24.3 Å². The molecule has 166 valence electrons. The van der Waals surface area contributed by atoms with Gasteiger partial charge in [0.15, 0.2) is 11.5 Å². The van der Waals surface area contributed by atoms with Crippen LogP contribution in [0.25, 0.3) is 0 Å². The molecule has 0 saturated carbocycles. The molecule has 0 unspecified atom stereocenters. The zero-order valence-corrected chi connectivity index (χ0v) is 18.1. The van der Waals surface area contributed by atoms with E-state index in [0.717, 1.165) is 0 Å². The van der Waals surface area contributed by atoms with E-state index in [1.165, 1.54) is 60.7 Å². The molecule has 2 radical (unpaired) electrons. The fraction of sp³-hybridized carbons (Fsp3) is 0.0769. The summed E-state index contributed by atoms with van der Waals surface area (Å²) >= 11 is 0. The lowest BCUT2D eigenvalue weighted by atomic mass is 10.2. The molecule has 7 heteroatoms. The van der Waals surface area contributed by atoms with Crippen molar-refractivity contribution in [3.05, 3.63) is 120 Å². The first-order valence-electron chi connectivity index (χ1n) is 9.94. The Bertz CT molecular complexity index is 1320. The molecule has 0 bridgehead atoms. The Labute approximate surface area is 191 Å². The number of hydrogen-bond acceptors (Lipinski definition) is 4. The lowest BCUT2D eigenvalue weighted by Gasteiger charge is -2.17. The van der Waals surface area contributed by atoms with E-state index in [2.05, 4.69) is 12.1 Å². The molecule has 0 aliphatic rings. The van der Waals surface area contributed by atoms with E-state index in [1.807, 2.05) is 0 Å². The maximum Gasteiger partial charge on any atom is 0.210 e. The molecule has 0 saturated heterocycles. The van der Waals surface area contributed by atoms with E-state index in [9.17, 15) is 17.2 Å². The minimum absolute atomic E-state index is 0.0169. The van der Waals surface area contributed by atoms with Crippen LogP contribution in [0.15, 0.2) is 94.7 Å². The van der Waals surface area contributed by atoms with Crippen LogP contribution in [-0.4, -0.2) is 8.42 Å². The first-order valence-corrected chi connectivity index (χ1v) is 11.4. The van der Waals surface area contributed by atoms with Crippen LogP contribution in [0.3, 0.4) is 0 Å². The van der Waals surface area contributed by atoms with E-state index in [-0.39, 0.29) is 46.1 Å². The summed E-state index contributed by atoms with van der Waals surface area (Å²) in [4.78, 5) is -0.0211. The Balaban J connectivity index is 1.69. The average molecular weight is 464 g/mol. The van der Waals surface area contributed by atoms with Crippen molar-refractivity contribution in [2.24, 2.45) is 0 Å². The molecule has 0 fully saturated rings. The summed E-state index contributed by atoms with van der Waals surface area (Å²) in [5, 5.41) is 0. The molecule has 33 heavy (non-hydrogen) atoms. The first kappa shape index (κ1) is 22.5. The molecule has 4 nitrogen and oxygen atoms in total. The van der Waals surface area contributed by atoms with E-state index >= 15 is 0 Å². The molecule has 0 amide bonds. The summed E-state index contributed by atoms with van der Waals surface area (Å²) < 4.78 is 64.8. The van der Waals surface area contributed by atoms with Crippen LogP contribution in [0.5, 0.6) is 11.5 Å². The van der Waals surface area contributed by atoms with Crippen LogP contribution < -0.4 is 9.47 Å². The van der Waals surface area contributed by atoms with E-state index in [0.29, 0.717) is 11.1 Å².